The first-order valence-corrected chi connectivity index (χ1v) is 7.25. The second kappa shape index (κ2) is 6.56. The van der Waals surface area contributed by atoms with Crippen LogP contribution in [0.25, 0.3) is 0 Å². The van der Waals surface area contributed by atoms with Crippen LogP contribution in [0.5, 0.6) is 5.75 Å². The minimum Gasteiger partial charge on any atom is -0.402 e. The van der Waals surface area contributed by atoms with Crippen molar-refractivity contribution in [3.05, 3.63) is 23.8 Å². The fourth-order valence-corrected chi connectivity index (χ4v) is 1.82. The van der Waals surface area contributed by atoms with E-state index in [2.05, 4.69) is 9.84 Å². The smallest absolute Gasteiger partial charge is 0.402 e. The molecular formula is C11H17N2O5P. The molecule has 0 radical (unpaired) electrons. The number of nitrogen functional groups attached to an aromatic ring is 1. The van der Waals surface area contributed by atoms with Crippen LogP contribution in [0.1, 0.15) is 18.9 Å². The molecule has 0 unspecified atom stereocenters. The summed E-state index contributed by atoms with van der Waals surface area (Å²) in [6.45, 7) is 2.52. The quantitative estimate of drug-likeness (QED) is 0.454. The van der Waals surface area contributed by atoms with Crippen molar-refractivity contribution in [2.75, 3.05) is 12.3 Å². The molecule has 0 aromatic heterocycles. The third-order valence-corrected chi connectivity index (χ3v) is 2.67. The maximum absolute atomic E-state index is 11.5. The predicted octanol–water partition coefficient (Wildman–Crippen LogP) is 0.809. The van der Waals surface area contributed by atoms with Crippen molar-refractivity contribution in [2.45, 2.75) is 19.8 Å². The van der Waals surface area contributed by atoms with Gasteiger partial charge in [-0.2, -0.15) is 0 Å². The molecular weight excluding hydrogens is 271 g/mol. The summed E-state index contributed by atoms with van der Waals surface area (Å²) in [5.74, 6) is -0.303. The molecule has 0 bridgehead atoms. The van der Waals surface area contributed by atoms with Gasteiger partial charge in [0.05, 0.1) is 12.1 Å². The zero-order valence-corrected chi connectivity index (χ0v) is 11.4. The van der Waals surface area contributed by atoms with Crippen LogP contribution in [0, 0.1) is 0 Å². The Kier molecular flexibility index (Phi) is 5.35. The van der Waals surface area contributed by atoms with Crippen molar-refractivity contribution in [1.29, 1.82) is 0 Å². The molecule has 0 saturated heterocycles. The van der Waals surface area contributed by atoms with Crippen LogP contribution < -0.4 is 15.6 Å². The molecule has 19 heavy (non-hydrogen) atoms. The SMILES string of the molecule is CCCNC(=O)Cc1ccc(N)c(OP(=O)(O)O)c1. The van der Waals surface area contributed by atoms with Crippen molar-refractivity contribution in [1.82, 2.24) is 5.32 Å². The molecule has 1 aromatic carbocycles. The van der Waals surface area contributed by atoms with Gasteiger partial charge in [0.1, 0.15) is 0 Å². The molecule has 0 atom stereocenters. The second-order valence-electron chi connectivity index (χ2n) is 3.98. The number of phosphoric ester groups is 1. The zero-order chi connectivity index (χ0) is 14.5. The van der Waals surface area contributed by atoms with Crippen LogP contribution in [0.4, 0.5) is 5.69 Å². The van der Waals surface area contributed by atoms with E-state index in [9.17, 15) is 9.36 Å². The lowest BCUT2D eigenvalue weighted by Gasteiger charge is -2.11. The van der Waals surface area contributed by atoms with Crippen molar-refractivity contribution < 1.29 is 23.7 Å². The number of benzene rings is 1. The summed E-state index contributed by atoms with van der Waals surface area (Å²) in [5, 5.41) is 2.70. The number of nitrogens with one attached hydrogen (secondary N) is 1. The highest BCUT2D eigenvalue weighted by Crippen LogP contribution is 2.40. The third kappa shape index (κ3) is 5.74. The molecule has 1 aromatic rings. The standard InChI is InChI=1S/C11H17N2O5P/c1-2-5-13-11(14)7-8-3-4-9(12)10(6-8)18-19(15,16)17/h3-4,6H,2,5,7,12H2,1H3,(H,13,14)(H2,15,16,17). The van der Waals surface area contributed by atoms with E-state index in [4.69, 9.17) is 15.5 Å². The number of nitrogens with two attached hydrogens (primary N) is 1. The van der Waals surface area contributed by atoms with E-state index >= 15 is 0 Å². The Morgan fingerprint density at radius 2 is 2.16 bits per heavy atom. The van der Waals surface area contributed by atoms with Gasteiger partial charge < -0.3 is 15.6 Å². The Bertz CT molecular complexity index is 500. The van der Waals surface area contributed by atoms with Crippen LogP contribution in [0.3, 0.4) is 0 Å². The highest BCUT2D eigenvalue weighted by Gasteiger charge is 2.18. The van der Waals surface area contributed by atoms with Gasteiger partial charge in [0.15, 0.2) is 5.75 Å². The third-order valence-electron chi connectivity index (χ3n) is 2.23. The summed E-state index contributed by atoms with van der Waals surface area (Å²) in [4.78, 5) is 29.0. The number of rotatable bonds is 6. The van der Waals surface area contributed by atoms with Crippen LogP contribution in [0.15, 0.2) is 18.2 Å². The van der Waals surface area contributed by atoms with E-state index in [1.807, 2.05) is 6.92 Å². The topological polar surface area (TPSA) is 122 Å². The van der Waals surface area contributed by atoms with Gasteiger partial charge in [0.25, 0.3) is 0 Å². The van der Waals surface area contributed by atoms with Gasteiger partial charge in [0.2, 0.25) is 5.91 Å². The monoisotopic (exact) mass is 288 g/mol. The van der Waals surface area contributed by atoms with Crippen molar-refractivity contribution >= 4 is 19.4 Å². The summed E-state index contributed by atoms with van der Waals surface area (Å²) in [5.41, 5.74) is 6.20. The maximum Gasteiger partial charge on any atom is 0.524 e. The van der Waals surface area contributed by atoms with E-state index in [1.54, 1.807) is 6.07 Å². The molecule has 1 rings (SSSR count). The van der Waals surface area contributed by atoms with Gasteiger partial charge in [-0.15, -0.1) is 0 Å². The van der Waals surface area contributed by atoms with Crippen LogP contribution in [0.2, 0.25) is 0 Å². The first-order valence-electron chi connectivity index (χ1n) is 5.72. The fourth-order valence-electron chi connectivity index (χ4n) is 1.41. The van der Waals surface area contributed by atoms with Gasteiger partial charge in [-0.25, -0.2) is 4.57 Å². The Hall–Kier alpha value is -1.56. The Balaban J connectivity index is 2.78. The fraction of sp³-hybridized carbons (Fsp3) is 0.364. The summed E-state index contributed by atoms with van der Waals surface area (Å²) in [6, 6.07) is 4.39. The second-order valence-corrected chi connectivity index (χ2v) is 5.14. The predicted molar refractivity (Wildman–Crippen MR) is 70.5 cm³/mol. The molecule has 0 aliphatic carbocycles. The Morgan fingerprint density at radius 3 is 2.74 bits per heavy atom. The van der Waals surface area contributed by atoms with Crippen molar-refractivity contribution in [3.8, 4) is 5.75 Å². The minimum atomic E-state index is -4.67. The van der Waals surface area contributed by atoms with Crippen molar-refractivity contribution in [3.63, 3.8) is 0 Å². The molecule has 5 N–H and O–H groups in total. The Morgan fingerprint density at radius 1 is 1.47 bits per heavy atom. The molecule has 0 heterocycles. The average Bonchev–Trinajstić information content (AvgIpc) is 2.29. The molecule has 0 spiro atoms. The molecule has 0 saturated carbocycles. The van der Waals surface area contributed by atoms with Crippen LogP contribution in [-0.4, -0.2) is 22.2 Å². The number of anilines is 1. The van der Waals surface area contributed by atoms with E-state index < -0.39 is 7.82 Å². The first kappa shape index (κ1) is 15.5. The molecule has 8 heteroatoms. The number of carbonyl (C=O) groups excluding carboxylic acids is 1. The molecule has 0 aliphatic rings. The highest BCUT2D eigenvalue weighted by molar-refractivity contribution is 7.46. The van der Waals surface area contributed by atoms with Crippen molar-refractivity contribution in [2.24, 2.45) is 0 Å². The van der Waals surface area contributed by atoms with E-state index in [-0.39, 0.29) is 23.8 Å². The van der Waals surface area contributed by atoms with Crippen LogP contribution >= 0.6 is 7.82 Å². The van der Waals surface area contributed by atoms with Gasteiger partial charge in [-0.3, -0.25) is 14.6 Å². The summed E-state index contributed by atoms with van der Waals surface area (Å²) in [6.07, 6.45) is 0.928. The molecule has 106 valence electrons. The average molecular weight is 288 g/mol. The molecule has 0 fully saturated rings. The summed E-state index contributed by atoms with van der Waals surface area (Å²) in [7, 11) is -4.67. The lowest BCUT2D eigenvalue weighted by Crippen LogP contribution is -2.25. The van der Waals surface area contributed by atoms with Crippen LogP contribution in [-0.2, 0) is 15.8 Å². The summed E-state index contributed by atoms with van der Waals surface area (Å²) < 4.78 is 15.2. The molecule has 7 nitrogen and oxygen atoms in total. The van der Waals surface area contributed by atoms with E-state index in [0.717, 1.165) is 6.42 Å². The largest absolute Gasteiger partial charge is 0.524 e. The highest BCUT2D eigenvalue weighted by atomic mass is 31.2. The van der Waals surface area contributed by atoms with E-state index in [0.29, 0.717) is 12.1 Å². The minimum absolute atomic E-state index is 0.0950. The zero-order valence-electron chi connectivity index (χ0n) is 10.5. The van der Waals surface area contributed by atoms with E-state index in [1.165, 1.54) is 12.1 Å². The number of hydrogen-bond donors (Lipinski definition) is 4. The van der Waals surface area contributed by atoms with Gasteiger partial charge in [-0.05, 0) is 24.1 Å². The number of amides is 1. The van der Waals surface area contributed by atoms with Gasteiger partial charge in [-0.1, -0.05) is 13.0 Å². The lowest BCUT2D eigenvalue weighted by molar-refractivity contribution is -0.120. The first-order chi connectivity index (χ1) is 8.81. The number of carbonyl (C=O) groups is 1. The summed E-state index contributed by atoms with van der Waals surface area (Å²) >= 11 is 0. The number of hydrogen-bond acceptors (Lipinski definition) is 4. The Labute approximate surface area is 111 Å². The number of phosphoric acid groups is 1. The van der Waals surface area contributed by atoms with Gasteiger partial charge >= 0.3 is 7.82 Å². The molecule has 1 amide bonds. The molecule has 0 aliphatic heterocycles. The van der Waals surface area contributed by atoms with Gasteiger partial charge in [0, 0.05) is 6.54 Å². The lowest BCUT2D eigenvalue weighted by atomic mass is 10.1. The normalized spacial score (nSPS) is 11.1. The maximum atomic E-state index is 11.5.